The van der Waals surface area contributed by atoms with E-state index in [-0.39, 0.29) is 11.7 Å². The van der Waals surface area contributed by atoms with Crippen molar-refractivity contribution in [2.45, 2.75) is 13.5 Å². The molecule has 0 atom stereocenters. The third-order valence-electron chi connectivity index (χ3n) is 3.50. The van der Waals surface area contributed by atoms with Crippen molar-refractivity contribution in [1.82, 2.24) is 0 Å². The van der Waals surface area contributed by atoms with Gasteiger partial charge in [-0.15, -0.1) is 0 Å². The van der Waals surface area contributed by atoms with E-state index in [9.17, 15) is 14.7 Å². The Morgan fingerprint density at radius 1 is 1.08 bits per heavy atom. The van der Waals surface area contributed by atoms with Crippen LogP contribution in [0.15, 0.2) is 57.7 Å². The molecule has 0 aliphatic rings. The van der Waals surface area contributed by atoms with E-state index < -0.39 is 5.63 Å². The number of carbonyl (C=O) groups is 1. The Kier molecular flexibility index (Phi) is 4.20. The summed E-state index contributed by atoms with van der Waals surface area (Å²) < 4.78 is 5.10. The zero-order valence-electron chi connectivity index (χ0n) is 13.0. The van der Waals surface area contributed by atoms with E-state index in [1.807, 2.05) is 12.1 Å². The summed E-state index contributed by atoms with van der Waals surface area (Å²) in [6, 6.07) is 13.4. The van der Waals surface area contributed by atoms with Crippen molar-refractivity contribution in [3.05, 3.63) is 64.5 Å². The minimum Gasteiger partial charge on any atom is -0.508 e. The van der Waals surface area contributed by atoms with E-state index >= 15 is 0 Å². The molecule has 0 bridgehead atoms. The highest BCUT2D eigenvalue weighted by atomic mass is 16.4. The molecule has 0 aliphatic heterocycles. The van der Waals surface area contributed by atoms with Crippen molar-refractivity contribution in [2.24, 2.45) is 0 Å². The van der Waals surface area contributed by atoms with E-state index in [0.717, 1.165) is 16.6 Å². The van der Waals surface area contributed by atoms with E-state index in [4.69, 9.17) is 4.42 Å². The molecule has 0 radical (unpaired) electrons. The third-order valence-corrected chi connectivity index (χ3v) is 3.50. The van der Waals surface area contributed by atoms with Crippen LogP contribution in [0.5, 0.6) is 5.75 Å². The average Bonchev–Trinajstić information content (AvgIpc) is 2.52. The summed E-state index contributed by atoms with van der Waals surface area (Å²) in [5.74, 6) is -0.0780. The number of phenols is 1. The molecule has 3 N–H and O–H groups in total. The van der Waals surface area contributed by atoms with Gasteiger partial charge in [-0.1, -0.05) is 0 Å². The second-order valence-electron chi connectivity index (χ2n) is 5.38. The van der Waals surface area contributed by atoms with E-state index in [1.54, 1.807) is 24.3 Å². The SMILES string of the molecule is CC(=O)Nc1ccc(NCc2cc(=O)oc3cc(O)ccc23)cc1. The molecule has 0 saturated heterocycles. The number of benzene rings is 2. The van der Waals surface area contributed by atoms with Crippen molar-refractivity contribution in [2.75, 3.05) is 10.6 Å². The zero-order valence-corrected chi connectivity index (χ0v) is 13.0. The Morgan fingerprint density at radius 3 is 2.50 bits per heavy atom. The number of fused-ring (bicyclic) bond motifs is 1. The van der Waals surface area contributed by atoms with Gasteiger partial charge in [-0.2, -0.15) is 0 Å². The lowest BCUT2D eigenvalue weighted by atomic mass is 10.1. The summed E-state index contributed by atoms with van der Waals surface area (Å²) >= 11 is 0. The maximum absolute atomic E-state index is 11.7. The highest BCUT2D eigenvalue weighted by Gasteiger charge is 2.06. The zero-order chi connectivity index (χ0) is 17.1. The Hall–Kier alpha value is -3.28. The van der Waals surface area contributed by atoms with E-state index in [2.05, 4.69) is 10.6 Å². The van der Waals surface area contributed by atoms with Crippen molar-refractivity contribution in [3.8, 4) is 5.75 Å². The Morgan fingerprint density at radius 2 is 1.79 bits per heavy atom. The molecule has 0 fully saturated rings. The second-order valence-corrected chi connectivity index (χ2v) is 5.38. The van der Waals surface area contributed by atoms with Gasteiger partial charge in [0.1, 0.15) is 11.3 Å². The minimum absolute atomic E-state index is 0.0457. The second kappa shape index (κ2) is 6.45. The molecule has 1 amide bonds. The van der Waals surface area contributed by atoms with Crippen molar-refractivity contribution in [1.29, 1.82) is 0 Å². The van der Waals surface area contributed by atoms with Crippen molar-refractivity contribution in [3.63, 3.8) is 0 Å². The highest BCUT2D eigenvalue weighted by Crippen LogP contribution is 2.23. The summed E-state index contributed by atoms with van der Waals surface area (Å²) in [5.41, 5.74) is 2.22. The summed E-state index contributed by atoms with van der Waals surface area (Å²) in [5, 5.41) is 16.2. The topological polar surface area (TPSA) is 91.6 Å². The first-order valence-corrected chi connectivity index (χ1v) is 7.38. The van der Waals surface area contributed by atoms with Crippen LogP contribution in [0.4, 0.5) is 11.4 Å². The quantitative estimate of drug-likeness (QED) is 0.642. The predicted octanol–water partition coefficient (Wildman–Crippen LogP) is 3.07. The molecule has 6 nitrogen and oxygen atoms in total. The number of hydrogen-bond acceptors (Lipinski definition) is 5. The van der Waals surface area contributed by atoms with E-state index in [0.29, 0.717) is 17.8 Å². The molecule has 0 unspecified atom stereocenters. The fourth-order valence-electron chi connectivity index (χ4n) is 2.44. The van der Waals surface area contributed by atoms with Crippen LogP contribution in [0.3, 0.4) is 0 Å². The lowest BCUT2D eigenvalue weighted by Crippen LogP contribution is -2.07. The number of carbonyl (C=O) groups excluding carboxylic acids is 1. The number of rotatable bonds is 4. The molecule has 3 rings (SSSR count). The van der Waals surface area contributed by atoms with Crippen LogP contribution in [0.1, 0.15) is 12.5 Å². The molecule has 1 aromatic heterocycles. The molecule has 0 spiro atoms. The van der Waals surface area contributed by atoms with Crippen LogP contribution in [0, 0.1) is 0 Å². The summed E-state index contributed by atoms with van der Waals surface area (Å²) in [6.07, 6.45) is 0. The van der Waals surface area contributed by atoms with Gasteiger partial charge in [0.05, 0.1) is 0 Å². The molecule has 0 saturated carbocycles. The number of anilines is 2. The molecule has 1 heterocycles. The standard InChI is InChI=1S/C18H16N2O4/c1-11(21)20-14-4-2-13(3-5-14)19-10-12-8-18(23)24-17-9-15(22)6-7-16(12)17/h2-9,19,22H,10H2,1H3,(H,20,21). The summed E-state index contributed by atoms with van der Waals surface area (Å²) in [6.45, 7) is 1.88. The van der Waals surface area contributed by atoms with Gasteiger partial charge in [-0.3, -0.25) is 4.79 Å². The summed E-state index contributed by atoms with van der Waals surface area (Å²) in [7, 11) is 0. The lowest BCUT2D eigenvalue weighted by molar-refractivity contribution is -0.114. The first-order valence-electron chi connectivity index (χ1n) is 7.38. The number of aromatic hydroxyl groups is 1. The monoisotopic (exact) mass is 324 g/mol. The first kappa shape index (κ1) is 15.6. The van der Waals surface area contributed by atoms with Gasteiger partial charge in [0.25, 0.3) is 0 Å². The molecule has 0 aliphatic carbocycles. The van der Waals surface area contributed by atoms with Crippen LogP contribution in [-0.2, 0) is 11.3 Å². The molecular weight excluding hydrogens is 308 g/mol. The van der Waals surface area contributed by atoms with Gasteiger partial charge in [-0.05, 0) is 42.0 Å². The molecule has 6 heteroatoms. The Balaban J connectivity index is 1.80. The van der Waals surface area contributed by atoms with Crippen LogP contribution < -0.4 is 16.3 Å². The predicted molar refractivity (Wildman–Crippen MR) is 92.2 cm³/mol. The maximum Gasteiger partial charge on any atom is 0.336 e. The number of amides is 1. The Bertz CT molecular complexity index is 945. The lowest BCUT2D eigenvalue weighted by Gasteiger charge is -2.10. The number of phenolic OH excluding ortho intramolecular Hbond substituents is 1. The molecule has 2 aromatic carbocycles. The smallest absolute Gasteiger partial charge is 0.336 e. The first-order chi connectivity index (χ1) is 11.5. The van der Waals surface area contributed by atoms with Gasteiger partial charge in [0.2, 0.25) is 5.91 Å². The molecule has 24 heavy (non-hydrogen) atoms. The molecule has 3 aromatic rings. The van der Waals surface area contributed by atoms with Gasteiger partial charge in [-0.25, -0.2) is 4.79 Å². The van der Waals surface area contributed by atoms with Gasteiger partial charge in [0.15, 0.2) is 0 Å². The van der Waals surface area contributed by atoms with E-state index in [1.165, 1.54) is 19.1 Å². The Labute approximate surface area is 137 Å². The average molecular weight is 324 g/mol. The fourth-order valence-corrected chi connectivity index (χ4v) is 2.44. The molecule has 122 valence electrons. The summed E-state index contributed by atoms with van der Waals surface area (Å²) in [4.78, 5) is 22.7. The number of hydrogen-bond donors (Lipinski definition) is 3. The number of nitrogens with one attached hydrogen (secondary N) is 2. The normalized spacial score (nSPS) is 10.5. The van der Waals surface area contributed by atoms with Crippen LogP contribution in [0.2, 0.25) is 0 Å². The van der Waals surface area contributed by atoms with Crippen molar-refractivity contribution < 1.29 is 14.3 Å². The largest absolute Gasteiger partial charge is 0.508 e. The van der Waals surface area contributed by atoms with Gasteiger partial charge in [0, 0.05) is 42.4 Å². The van der Waals surface area contributed by atoms with Gasteiger partial charge < -0.3 is 20.2 Å². The van der Waals surface area contributed by atoms with Crippen LogP contribution in [-0.4, -0.2) is 11.0 Å². The molecular formula is C18H16N2O4. The van der Waals surface area contributed by atoms with Gasteiger partial charge >= 0.3 is 5.63 Å². The fraction of sp³-hybridized carbons (Fsp3) is 0.111. The van der Waals surface area contributed by atoms with Crippen molar-refractivity contribution >= 4 is 28.3 Å². The van der Waals surface area contributed by atoms with Crippen LogP contribution in [0.25, 0.3) is 11.0 Å². The maximum atomic E-state index is 11.7. The van der Waals surface area contributed by atoms with Crippen LogP contribution >= 0.6 is 0 Å². The highest BCUT2D eigenvalue weighted by molar-refractivity contribution is 5.88. The minimum atomic E-state index is -0.467. The third kappa shape index (κ3) is 3.55.